The lowest BCUT2D eigenvalue weighted by atomic mass is 9.99. The number of aromatic nitrogens is 2. The molecule has 0 aliphatic rings. The van der Waals surface area contributed by atoms with Crippen LogP contribution in [-0.2, 0) is 12.8 Å². The van der Waals surface area contributed by atoms with E-state index in [-0.39, 0.29) is 11.3 Å². The minimum Gasteiger partial charge on any atom is -0.320 e. The number of rotatable bonds is 10. The Morgan fingerprint density at radius 3 is 2.38 bits per heavy atom. The standard InChI is InChI=1S/C30H32ClN3O2S/c1-5-20-9-7-10-21(6-2)28(20)34-19(3)24(27(35)11-8-16-32-4)17-25(30(34)36)29-33-26(18-37-29)22-12-14-23(31)15-13-22/h7,9-10,12-15,17-18,32H,5-6,8,11,16H2,1-4H3. The maximum atomic E-state index is 14.1. The second-order valence-electron chi connectivity index (χ2n) is 9.00. The summed E-state index contributed by atoms with van der Waals surface area (Å²) in [7, 11) is 1.88. The summed E-state index contributed by atoms with van der Waals surface area (Å²) in [4.78, 5) is 32.4. The molecule has 0 unspecified atom stereocenters. The Kier molecular flexibility index (Phi) is 8.75. The predicted molar refractivity (Wildman–Crippen MR) is 155 cm³/mol. The molecule has 2 heterocycles. The highest BCUT2D eigenvalue weighted by molar-refractivity contribution is 7.13. The fraction of sp³-hybridized carbons (Fsp3) is 0.300. The number of para-hydroxylation sites is 1. The zero-order valence-electron chi connectivity index (χ0n) is 21.7. The highest BCUT2D eigenvalue weighted by atomic mass is 35.5. The third kappa shape index (κ3) is 5.61. The lowest BCUT2D eigenvalue weighted by Gasteiger charge is -2.21. The van der Waals surface area contributed by atoms with Crippen molar-refractivity contribution in [1.29, 1.82) is 0 Å². The summed E-state index contributed by atoms with van der Waals surface area (Å²) in [6.07, 6.45) is 2.70. The van der Waals surface area contributed by atoms with Gasteiger partial charge in [-0.3, -0.25) is 14.2 Å². The molecule has 0 amide bonds. The topological polar surface area (TPSA) is 64.0 Å². The molecule has 5 nitrogen and oxygen atoms in total. The lowest BCUT2D eigenvalue weighted by Crippen LogP contribution is -2.27. The lowest BCUT2D eigenvalue weighted by molar-refractivity contribution is 0.0979. The smallest absolute Gasteiger partial charge is 0.265 e. The van der Waals surface area contributed by atoms with Crippen LogP contribution in [0, 0.1) is 6.92 Å². The summed E-state index contributed by atoms with van der Waals surface area (Å²) in [5.41, 5.74) is 6.27. The van der Waals surface area contributed by atoms with Crippen LogP contribution in [0.25, 0.3) is 27.5 Å². The van der Waals surface area contributed by atoms with Gasteiger partial charge in [-0.25, -0.2) is 4.98 Å². The molecule has 0 saturated heterocycles. The Hall–Kier alpha value is -3.06. The number of Topliss-reactive ketones (excluding diaryl/α,β-unsaturated/α-hetero) is 1. The number of halogens is 1. The minimum absolute atomic E-state index is 0.0317. The normalized spacial score (nSPS) is 11.2. The van der Waals surface area contributed by atoms with Crippen molar-refractivity contribution in [2.45, 2.75) is 46.5 Å². The second-order valence-corrected chi connectivity index (χ2v) is 10.3. The quantitative estimate of drug-likeness (QED) is 0.178. The number of thiazole rings is 1. The molecule has 1 N–H and O–H groups in total. The van der Waals surface area contributed by atoms with Crippen LogP contribution in [0.5, 0.6) is 0 Å². The first-order valence-electron chi connectivity index (χ1n) is 12.7. The summed E-state index contributed by atoms with van der Waals surface area (Å²) in [5, 5.41) is 6.29. The summed E-state index contributed by atoms with van der Waals surface area (Å²) >= 11 is 7.46. The molecule has 0 radical (unpaired) electrons. The molecule has 4 rings (SSSR count). The SMILES string of the molecule is CCc1cccc(CC)c1-n1c(C)c(C(=O)CCCNC)cc(-c2nc(-c3ccc(Cl)cc3)cs2)c1=O. The maximum absolute atomic E-state index is 14.1. The monoisotopic (exact) mass is 533 g/mol. The van der Waals surface area contributed by atoms with Crippen molar-refractivity contribution in [1.82, 2.24) is 14.9 Å². The van der Waals surface area contributed by atoms with Gasteiger partial charge in [-0.1, -0.05) is 55.8 Å². The Morgan fingerprint density at radius 2 is 1.76 bits per heavy atom. The van der Waals surface area contributed by atoms with Gasteiger partial charge >= 0.3 is 0 Å². The largest absolute Gasteiger partial charge is 0.320 e. The molecule has 2 aromatic carbocycles. The first-order valence-corrected chi connectivity index (χ1v) is 13.9. The first kappa shape index (κ1) is 27.0. The molecule has 192 valence electrons. The molecule has 4 aromatic rings. The second kappa shape index (κ2) is 12.0. The fourth-order valence-electron chi connectivity index (χ4n) is 4.62. The number of carbonyl (C=O) groups is 1. The van der Waals surface area contributed by atoms with Crippen LogP contribution in [0.2, 0.25) is 5.02 Å². The van der Waals surface area contributed by atoms with E-state index in [1.54, 1.807) is 10.6 Å². The Morgan fingerprint density at radius 1 is 1.08 bits per heavy atom. The molecular weight excluding hydrogens is 502 g/mol. The van der Waals surface area contributed by atoms with Gasteiger partial charge < -0.3 is 5.32 Å². The van der Waals surface area contributed by atoms with Crippen LogP contribution in [0.15, 0.2) is 58.7 Å². The van der Waals surface area contributed by atoms with Crippen molar-refractivity contribution in [3.8, 4) is 27.5 Å². The van der Waals surface area contributed by atoms with Gasteiger partial charge in [0, 0.05) is 33.6 Å². The van der Waals surface area contributed by atoms with Gasteiger partial charge in [0.05, 0.1) is 16.9 Å². The van der Waals surface area contributed by atoms with Crippen LogP contribution in [0.1, 0.15) is 53.9 Å². The zero-order valence-corrected chi connectivity index (χ0v) is 23.3. The number of hydrogen-bond acceptors (Lipinski definition) is 5. The van der Waals surface area contributed by atoms with Crippen molar-refractivity contribution in [2.24, 2.45) is 0 Å². The van der Waals surface area contributed by atoms with E-state index in [9.17, 15) is 9.59 Å². The number of aryl methyl sites for hydroxylation is 2. The van der Waals surface area contributed by atoms with E-state index in [1.165, 1.54) is 11.3 Å². The highest BCUT2D eigenvalue weighted by Crippen LogP contribution is 2.31. The molecule has 7 heteroatoms. The molecule has 2 aromatic heterocycles. The molecular formula is C30H32ClN3O2S. The maximum Gasteiger partial charge on any atom is 0.265 e. The van der Waals surface area contributed by atoms with Gasteiger partial charge in [-0.15, -0.1) is 11.3 Å². The molecule has 0 aliphatic carbocycles. The average Bonchev–Trinajstić information content (AvgIpc) is 3.39. The fourth-order valence-corrected chi connectivity index (χ4v) is 5.58. The number of carbonyl (C=O) groups excluding carboxylic acids is 1. The van der Waals surface area contributed by atoms with E-state index in [4.69, 9.17) is 16.6 Å². The van der Waals surface area contributed by atoms with Crippen LogP contribution in [-0.4, -0.2) is 28.9 Å². The van der Waals surface area contributed by atoms with Gasteiger partial charge in [-0.05, 0) is 69.1 Å². The third-order valence-corrected chi connectivity index (χ3v) is 7.77. The van der Waals surface area contributed by atoms with Crippen LogP contribution in [0.4, 0.5) is 0 Å². The van der Waals surface area contributed by atoms with Crippen LogP contribution in [0.3, 0.4) is 0 Å². The molecule has 0 saturated carbocycles. The van der Waals surface area contributed by atoms with Crippen molar-refractivity contribution >= 4 is 28.7 Å². The average molecular weight is 534 g/mol. The predicted octanol–water partition coefficient (Wildman–Crippen LogP) is 6.90. The van der Waals surface area contributed by atoms with Gasteiger partial charge in [-0.2, -0.15) is 0 Å². The molecule has 37 heavy (non-hydrogen) atoms. The summed E-state index contributed by atoms with van der Waals surface area (Å²) in [6, 6.07) is 15.4. The van der Waals surface area contributed by atoms with Crippen molar-refractivity contribution in [2.75, 3.05) is 13.6 Å². The van der Waals surface area contributed by atoms with E-state index in [1.807, 2.05) is 49.7 Å². The van der Waals surface area contributed by atoms with Gasteiger partial charge in [0.15, 0.2) is 5.78 Å². The molecule has 0 bridgehead atoms. The number of nitrogens with zero attached hydrogens (tertiary/aromatic N) is 2. The third-order valence-electron chi connectivity index (χ3n) is 6.64. The van der Waals surface area contributed by atoms with E-state index in [0.717, 1.165) is 53.9 Å². The van der Waals surface area contributed by atoms with Crippen molar-refractivity contribution in [3.63, 3.8) is 0 Å². The van der Waals surface area contributed by atoms with Gasteiger partial charge in [0.25, 0.3) is 5.56 Å². The zero-order chi connectivity index (χ0) is 26.5. The van der Waals surface area contributed by atoms with Crippen molar-refractivity contribution < 1.29 is 4.79 Å². The number of hydrogen-bond donors (Lipinski definition) is 1. The van der Waals surface area contributed by atoms with Crippen LogP contribution < -0.4 is 10.9 Å². The van der Waals surface area contributed by atoms with Crippen LogP contribution >= 0.6 is 22.9 Å². The molecule has 0 spiro atoms. The summed E-state index contributed by atoms with van der Waals surface area (Å²) in [6.45, 7) is 6.81. The van der Waals surface area contributed by atoms with E-state index >= 15 is 0 Å². The molecule has 0 aliphatic heterocycles. The number of ketones is 1. The minimum atomic E-state index is -0.156. The van der Waals surface area contributed by atoms with E-state index in [0.29, 0.717) is 33.3 Å². The Bertz CT molecular complexity index is 1450. The summed E-state index contributed by atoms with van der Waals surface area (Å²) in [5.74, 6) is 0.0317. The Balaban J connectivity index is 1.94. The molecule has 0 fully saturated rings. The number of benzene rings is 2. The van der Waals surface area contributed by atoms with Gasteiger partial charge in [0.1, 0.15) is 5.01 Å². The number of nitrogens with one attached hydrogen (secondary N) is 1. The van der Waals surface area contributed by atoms with E-state index < -0.39 is 0 Å². The highest BCUT2D eigenvalue weighted by Gasteiger charge is 2.23. The number of pyridine rings is 1. The molecule has 0 atom stereocenters. The summed E-state index contributed by atoms with van der Waals surface area (Å²) < 4.78 is 1.75. The first-order chi connectivity index (χ1) is 17.9. The van der Waals surface area contributed by atoms with E-state index in [2.05, 4.69) is 31.3 Å². The Labute approximate surface area is 227 Å². The van der Waals surface area contributed by atoms with Gasteiger partial charge in [0.2, 0.25) is 0 Å². The van der Waals surface area contributed by atoms with Crippen molar-refractivity contribution in [3.05, 3.63) is 91.7 Å².